The smallest absolute Gasteiger partial charge is 0.256 e. The molecule has 1 N–H and O–H groups in total. The van der Waals surface area contributed by atoms with E-state index in [2.05, 4.69) is 10.2 Å². The third kappa shape index (κ3) is 3.24. The molecule has 6 rings (SSSR count). The van der Waals surface area contributed by atoms with E-state index in [1.54, 1.807) is 24.3 Å². The molecule has 4 atom stereocenters. The van der Waals surface area contributed by atoms with Crippen LogP contribution in [0.25, 0.3) is 0 Å². The number of carbonyl (C=O) groups excluding carboxylic acids is 1. The average Bonchev–Trinajstić information content (AvgIpc) is 3.51. The Balaban J connectivity index is 1.35. The van der Waals surface area contributed by atoms with Crippen LogP contribution < -0.4 is 10.1 Å². The van der Waals surface area contributed by atoms with E-state index in [0.29, 0.717) is 29.1 Å². The molecule has 3 aliphatic rings. The highest BCUT2D eigenvalue weighted by molar-refractivity contribution is 6.07. The quantitative estimate of drug-likeness (QED) is 0.437. The van der Waals surface area contributed by atoms with Crippen molar-refractivity contribution in [3.05, 3.63) is 105 Å². The summed E-state index contributed by atoms with van der Waals surface area (Å²) in [5.74, 6) is -0.483. The lowest BCUT2D eigenvalue weighted by Crippen LogP contribution is -2.55. The van der Waals surface area contributed by atoms with Crippen LogP contribution in [0.4, 0.5) is 10.1 Å². The lowest BCUT2D eigenvalue weighted by molar-refractivity contribution is -0.534. The highest BCUT2D eigenvalue weighted by Crippen LogP contribution is 2.58. The number of halogens is 1. The van der Waals surface area contributed by atoms with Gasteiger partial charge in [0.15, 0.2) is 5.54 Å². The second kappa shape index (κ2) is 8.16. The number of carbonyl (C=O) groups is 1. The first-order valence-electron chi connectivity index (χ1n) is 11.8. The largest absolute Gasteiger partial charge is 0.489 e. The highest BCUT2D eigenvalue weighted by Gasteiger charge is 2.73. The van der Waals surface area contributed by atoms with Crippen molar-refractivity contribution in [1.29, 1.82) is 0 Å². The van der Waals surface area contributed by atoms with Gasteiger partial charge in [-0.2, -0.15) is 0 Å². The second-order valence-electron chi connectivity index (χ2n) is 9.41. The Hall–Kier alpha value is -3.78. The van der Waals surface area contributed by atoms with Crippen molar-refractivity contribution >= 4 is 11.6 Å². The van der Waals surface area contributed by atoms with Gasteiger partial charge in [-0.25, -0.2) is 4.39 Å². The number of benzene rings is 3. The predicted molar refractivity (Wildman–Crippen MR) is 127 cm³/mol. The predicted octanol–water partition coefficient (Wildman–Crippen LogP) is 4.46. The SMILES string of the molecule is O=C1Nc2ccccc2[C@]12[C@H]([N+](=O)[O-])[C@@H](c1ccc(OCc3cccc(F)c3)cc1)[C@@H]1CCCN12. The summed E-state index contributed by atoms with van der Waals surface area (Å²) in [4.78, 5) is 27.9. The van der Waals surface area contributed by atoms with Crippen LogP contribution in [-0.4, -0.2) is 34.4 Å². The van der Waals surface area contributed by atoms with Crippen molar-refractivity contribution in [3.8, 4) is 5.75 Å². The first-order valence-corrected chi connectivity index (χ1v) is 11.8. The maximum Gasteiger partial charge on any atom is 0.256 e. The Labute approximate surface area is 201 Å². The molecule has 35 heavy (non-hydrogen) atoms. The molecule has 178 valence electrons. The minimum atomic E-state index is -1.32. The number of hydrogen-bond donors (Lipinski definition) is 1. The van der Waals surface area contributed by atoms with Gasteiger partial charge in [-0.3, -0.25) is 19.8 Å². The monoisotopic (exact) mass is 473 g/mol. The van der Waals surface area contributed by atoms with Gasteiger partial charge in [0.2, 0.25) is 0 Å². The summed E-state index contributed by atoms with van der Waals surface area (Å²) in [6, 6.07) is 19.6. The fourth-order valence-corrected chi connectivity index (χ4v) is 6.35. The normalized spacial score (nSPS) is 27.0. The molecule has 0 unspecified atom stereocenters. The van der Waals surface area contributed by atoms with Crippen molar-refractivity contribution in [2.75, 3.05) is 11.9 Å². The molecule has 0 aliphatic carbocycles. The van der Waals surface area contributed by atoms with Gasteiger partial charge in [-0.15, -0.1) is 0 Å². The topological polar surface area (TPSA) is 84.7 Å². The van der Waals surface area contributed by atoms with Gasteiger partial charge in [-0.05, 0) is 54.3 Å². The van der Waals surface area contributed by atoms with Gasteiger partial charge in [-0.1, -0.05) is 42.5 Å². The molecular formula is C27H24FN3O4. The van der Waals surface area contributed by atoms with E-state index in [-0.39, 0.29) is 29.3 Å². The summed E-state index contributed by atoms with van der Waals surface area (Å²) in [6.45, 7) is 0.858. The van der Waals surface area contributed by atoms with Crippen LogP contribution >= 0.6 is 0 Å². The molecular weight excluding hydrogens is 449 g/mol. The Morgan fingerprint density at radius 3 is 2.69 bits per heavy atom. The summed E-state index contributed by atoms with van der Waals surface area (Å²) in [5, 5.41) is 15.5. The first-order chi connectivity index (χ1) is 17.0. The summed E-state index contributed by atoms with van der Waals surface area (Å²) in [6.07, 6.45) is 1.68. The second-order valence-corrected chi connectivity index (χ2v) is 9.41. The van der Waals surface area contributed by atoms with E-state index < -0.39 is 17.5 Å². The van der Waals surface area contributed by atoms with Crippen molar-refractivity contribution in [3.63, 3.8) is 0 Å². The molecule has 3 heterocycles. The van der Waals surface area contributed by atoms with Crippen molar-refractivity contribution < 1.29 is 18.8 Å². The molecule has 2 saturated heterocycles. The van der Waals surface area contributed by atoms with Crippen LogP contribution in [0.5, 0.6) is 5.75 Å². The van der Waals surface area contributed by atoms with Crippen LogP contribution in [0, 0.1) is 15.9 Å². The van der Waals surface area contributed by atoms with E-state index in [1.807, 2.05) is 36.4 Å². The summed E-state index contributed by atoms with van der Waals surface area (Å²) in [7, 11) is 0. The molecule has 7 nitrogen and oxygen atoms in total. The first kappa shape index (κ1) is 21.7. The maximum absolute atomic E-state index is 13.5. The molecule has 0 aromatic heterocycles. The average molecular weight is 474 g/mol. The lowest BCUT2D eigenvalue weighted by Gasteiger charge is -2.32. The van der Waals surface area contributed by atoms with Crippen molar-refractivity contribution in [2.24, 2.45) is 0 Å². The van der Waals surface area contributed by atoms with Crippen LogP contribution in [0.2, 0.25) is 0 Å². The minimum Gasteiger partial charge on any atom is -0.489 e. The number of hydrogen-bond acceptors (Lipinski definition) is 5. The maximum atomic E-state index is 13.5. The molecule has 0 radical (unpaired) electrons. The molecule has 3 aromatic rings. The fraction of sp³-hybridized carbons (Fsp3) is 0.296. The molecule has 0 saturated carbocycles. The summed E-state index contributed by atoms with van der Waals surface area (Å²) >= 11 is 0. The van der Waals surface area contributed by atoms with Gasteiger partial charge < -0.3 is 10.1 Å². The van der Waals surface area contributed by atoms with Gasteiger partial charge in [0.05, 0.1) is 5.92 Å². The minimum absolute atomic E-state index is 0.110. The van der Waals surface area contributed by atoms with E-state index in [1.165, 1.54) is 12.1 Å². The summed E-state index contributed by atoms with van der Waals surface area (Å²) in [5.41, 5.74) is 1.55. The zero-order valence-corrected chi connectivity index (χ0v) is 18.9. The van der Waals surface area contributed by atoms with E-state index >= 15 is 0 Å². The Bertz CT molecular complexity index is 1310. The van der Waals surface area contributed by atoms with Crippen molar-refractivity contribution in [1.82, 2.24) is 4.90 Å². The number of fused-ring (bicyclic) bond motifs is 4. The molecule has 0 bridgehead atoms. The number of amides is 1. The number of nitrogens with zero attached hydrogens (tertiary/aromatic N) is 2. The molecule has 8 heteroatoms. The van der Waals surface area contributed by atoms with E-state index in [9.17, 15) is 19.3 Å². The third-order valence-corrected chi connectivity index (χ3v) is 7.65. The van der Waals surface area contributed by atoms with Gasteiger partial charge >= 0.3 is 0 Å². The molecule has 1 amide bonds. The Morgan fingerprint density at radius 1 is 1.11 bits per heavy atom. The van der Waals surface area contributed by atoms with Gasteiger partial charge in [0.1, 0.15) is 18.2 Å². The van der Waals surface area contributed by atoms with E-state index in [4.69, 9.17) is 4.74 Å². The van der Waals surface area contributed by atoms with Crippen LogP contribution in [0.15, 0.2) is 72.8 Å². The highest BCUT2D eigenvalue weighted by atomic mass is 19.1. The van der Waals surface area contributed by atoms with Gasteiger partial charge in [0, 0.05) is 28.8 Å². The Morgan fingerprint density at radius 2 is 1.91 bits per heavy atom. The van der Waals surface area contributed by atoms with Crippen LogP contribution in [0.1, 0.15) is 35.4 Å². The number of nitro groups is 1. The number of para-hydroxylation sites is 1. The Kier molecular flexibility index (Phi) is 5.07. The molecule has 3 aromatic carbocycles. The fourth-order valence-electron chi connectivity index (χ4n) is 6.35. The zero-order chi connectivity index (χ0) is 24.2. The van der Waals surface area contributed by atoms with Crippen molar-refractivity contribution in [2.45, 2.75) is 43.0 Å². The van der Waals surface area contributed by atoms with Gasteiger partial charge in [0.25, 0.3) is 11.9 Å². The lowest BCUT2D eigenvalue weighted by atomic mass is 9.77. The number of ether oxygens (including phenoxy) is 1. The standard InChI is InChI=1S/C27H24FN3O4/c28-19-6-3-5-17(15-19)16-35-20-12-10-18(11-13-20)24-23-9-4-14-30(23)27(25(24)31(33)34)21-7-1-2-8-22(21)29-26(27)32/h1-3,5-8,10-13,15,23-25H,4,9,14,16H2,(H,29,32)/t23-,24-,25+,27-/m0/s1. The number of anilines is 1. The van der Waals surface area contributed by atoms with E-state index in [0.717, 1.165) is 18.4 Å². The van der Waals surface area contributed by atoms with Crippen LogP contribution in [0.3, 0.4) is 0 Å². The third-order valence-electron chi connectivity index (χ3n) is 7.65. The van der Waals surface area contributed by atoms with Crippen LogP contribution in [-0.2, 0) is 16.9 Å². The molecule has 3 aliphatic heterocycles. The molecule has 1 spiro atoms. The number of nitrogens with one attached hydrogen (secondary N) is 1. The zero-order valence-electron chi connectivity index (χ0n) is 18.9. The summed E-state index contributed by atoms with van der Waals surface area (Å²) < 4.78 is 19.2. The molecule has 2 fully saturated rings. The number of rotatable bonds is 5.